The number of benzene rings is 2. The number of carbonyl (C=O) groups is 1. The van der Waals surface area contributed by atoms with Crippen molar-refractivity contribution in [2.45, 2.75) is 194 Å². The Hall–Kier alpha value is -3.31. The van der Waals surface area contributed by atoms with Crippen LogP contribution in [-0.4, -0.2) is 124 Å². The van der Waals surface area contributed by atoms with Crippen LogP contribution in [0.3, 0.4) is 0 Å². The summed E-state index contributed by atoms with van der Waals surface area (Å²) >= 11 is 0. The van der Waals surface area contributed by atoms with E-state index >= 15 is 0 Å². The minimum absolute atomic E-state index is 0.0982. The molecule has 2 aromatic carbocycles. The molecule has 4 aliphatic rings. The first-order valence-corrected chi connectivity index (χ1v) is 26.3. The van der Waals surface area contributed by atoms with Crippen LogP contribution in [0.2, 0.25) is 0 Å². The van der Waals surface area contributed by atoms with E-state index in [2.05, 4.69) is 23.9 Å². The molecule has 71 heavy (non-hydrogen) atoms. The van der Waals surface area contributed by atoms with E-state index in [1.807, 2.05) is 109 Å². The fourth-order valence-corrected chi connectivity index (χ4v) is 10.2. The molecule has 1 N–H and O–H groups in total. The van der Waals surface area contributed by atoms with Gasteiger partial charge in [-0.1, -0.05) is 114 Å². The third-order valence-corrected chi connectivity index (χ3v) is 14.8. The molecule has 4 heterocycles. The van der Waals surface area contributed by atoms with E-state index in [0.29, 0.717) is 13.0 Å². The summed E-state index contributed by atoms with van der Waals surface area (Å²) in [7, 11) is -4.76. The van der Waals surface area contributed by atoms with Gasteiger partial charge in [-0.05, 0) is 75.5 Å². The Morgan fingerprint density at radius 2 is 1.13 bits per heavy atom. The van der Waals surface area contributed by atoms with E-state index in [9.17, 15) is 23.3 Å². The van der Waals surface area contributed by atoms with Gasteiger partial charge in [-0.25, -0.2) is 8.98 Å². The van der Waals surface area contributed by atoms with E-state index in [1.165, 1.54) is 0 Å². The summed E-state index contributed by atoms with van der Waals surface area (Å²) in [6.45, 7) is 22.8. The maximum atomic E-state index is 12.7. The second-order valence-electron chi connectivity index (χ2n) is 20.7. The summed E-state index contributed by atoms with van der Waals surface area (Å²) < 4.78 is 109. The molecular weight excluding hydrogens is 943 g/mol. The molecule has 4 saturated heterocycles. The van der Waals surface area contributed by atoms with Gasteiger partial charge in [0.15, 0.2) is 25.2 Å². The lowest BCUT2D eigenvalue weighted by Gasteiger charge is -2.51. The SMILES string of the molecule is CCC1O[C@H](O[C@@H]2C(C)O[C@@H](OCC(=O)OC(C)(C)C)C(C)[C@@H]2OCc2ccccc2)C(C)[C@@H](C)[C@@H]1O[C@@H]1OC(C)[C@@H](O[C@@H]2OC(COS(=O)(=O)O)[C@@H](C)[C@H](C)C2N=[N+]=[N-])[C@@H](OCc2ccccc2)C1C. The standard InChI is InChI=1S/C51H77N3O16S/c1-13-38-42(30(4)31(5)48(65-38)68-45-34(8)63-47(61-27-40(55)70-51(10,11)12)32(6)43(45)59-24-36-20-16-14-17-21-36)67-49-33(7)44(60-25-37-22-18-15-19-23-37)46(35(9)64-49)69-50-41(53-54-52)29(3)28(2)39(66-50)26-62-71(56,57)58/h14-23,28-35,38-39,41-50H,13,24-27H2,1-12H3,(H,56,57,58)/t28-,29-,30+,31?,32?,33?,34?,35?,38?,39?,41?,42-,43-,44-,45+,46+,47+,48+,49-,50-/m0/s1. The van der Waals surface area contributed by atoms with E-state index in [4.69, 9.17) is 56.3 Å². The lowest BCUT2D eigenvalue weighted by molar-refractivity contribution is -0.365. The lowest BCUT2D eigenvalue weighted by atomic mass is 9.82. The highest BCUT2D eigenvalue weighted by Gasteiger charge is 2.53. The van der Waals surface area contributed by atoms with Crippen LogP contribution in [0, 0.1) is 35.5 Å². The van der Waals surface area contributed by atoms with Crippen molar-refractivity contribution in [2.24, 2.45) is 40.6 Å². The number of nitrogens with zero attached hydrogens (tertiary/aromatic N) is 3. The van der Waals surface area contributed by atoms with E-state index in [1.54, 1.807) is 20.8 Å². The van der Waals surface area contributed by atoms with Crippen LogP contribution in [0.1, 0.15) is 101 Å². The summed E-state index contributed by atoms with van der Waals surface area (Å²) in [6, 6.07) is 18.8. The Kier molecular flexibility index (Phi) is 20.3. The van der Waals surface area contributed by atoms with Gasteiger partial charge in [-0.2, -0.15) is 8.42 Å². The molecular formula is C51H77N3O16S. The Labute approximate surface area is 419 Å². The molecule has 4 fully saturated rings. The quantitative estimate of drug-likeness (QED) is 0.0432. The van der Waals surface area contributed by atoms with Gasteiger partial charge >= 0.3 is 16.4 Å². The Bertz CT molecular complexity index is 2130. The van der Waals surface area contributed by atoms with Crippen molar-refractivity contribution in [1.29, 1.82) is 0 Å². The highest BCUT2D eigenvalue weighted by Crippen LogP contribution is 2.43. The third kappa shape index (κ3) is 15.2. The van der Waals surface area contributed by atoms with Gasteiger partial charge in [0.05, 0.1) is 68.6 Å². The predicted octanol–water partition coefficient (Wildman–Crippen LogP) is 8.34. The van der Waals surface area contributed by atoms with Crippen LogP contribution >= 0.6 is 0 Å². The van der Waals surface area contributed by atoms with Crippen molar-refractivity contribution in [3.63, 3.8) is 0 Å². The molecule has 0 amide bonds. The van der Waals surface area contributed by atoms with Gasteiger partial charge in [0.2, 0.25) is 0 Å². The molecule has 398 valence electrons. The monoisotopic (exact) mass is 1020 g/mol. The molecule has 0 bridgehead atoms. The summed E-state index contributed by atoms with van der Waals surface area (Å²) in [5, 5.41) is 4.05. The summed E-state index contributed by atoms with van der Waals surface area (Å²) in [4.78, 5) is 15.8. The molecule has 19 nitrogen and oxygen atoms in total. The van der Waals surface area contributed by atoms with Crippen molar-refractivity contribution in [3.05, 3.63) is 82.2 Å². The molecule has 4 aliphatic heterocycles. The number of ether oxygens (including phenoxy) is 11. The highest BCUT2D eigenvalue weighted by molar-refractivity contribution is 7.80. The maximum Gasteiger partial charge on any atom is 0.397 e. The molecule has 0 radical (unpaired) electrons. The smallest absolute Gasteiger partial charge is 0.397 e. The minimum atomic E-state index is -4.76. The van der Waals surface area contributed by atoms with Crippen LogP contribution in [0.5, 0.6) is 0 Å². The van der Waals surface area contributed by atoms with E-state index < -0.39 is 121 Å². The van der Waals surface area contributed by atoms with Crippen molar-refractivity contribution < 1.29 is 74.1 Å². The first-order chi connectivity index (χ1) is 33.6. The van der Waals surface area contributed by atoms with Crippen LogP contribution in [0.25, 0.3) is 10.4 Å². The fourth-order valence-electron chi connectivity index (χ4n) is 9.91. The Morgan fingerprint density at radius 1 is 0.634 bits per heavy atom. The highest BCUT2D eigenvalue weighted by atomic mass is 32.3. The van der Waals surface area contributed by atoms with E-state index in [0.717, 1.165) is 11.1 Å². The molecule has 0 aliphatic carbocycles. The molecule has 6 rings (SSSR count). The van der Waals surface area contributed by atoms with Crippen molar-refractivity contribution in [3.8, 4) is 0 Å². The second kappa shape index (κ2) is 25.3. The van der Waals surface area contributed by atoms with Crippen molar-refractivity contribution in [2.75, 3.05) is 13.2 Å². The van der Waals surface area contributed by atoms with Gasteiger partial charge in [-0.3, -0.25) is 4.55 Å². The number of esters is 1. The summed E-state index contributed by atoms with van der Waals surface area (Å²) in [5.74, 6) is -2.23. The third-order valence-electron chi connectivity index (χ3n) is 14.4. The van der Waals surface area contributed by atoms with Gasteiger partial charge in [0.1, 0.15) is 24.4 Å². The largest absolute Gasteiger partial charge is 0.458 e. The van der Waals surface area contributed by atoms with Crippen molar-refractivity contribution >= 4 is 16.4 Å². The average molecular weight is 1020 g/mol. The minimum Gasteiger partial charge on any atom is -0.458 e. The molecule has 2 aromatic rings. The number of azide groups is 1. The van der Waals surface area contributed by atoms with E-state index in [-0.39, 0.29) is 42.8 Å². The number of rotatable bonds is 20. The fraction of sp³-hybridized carbons (Fsp3) is 0.745. The molecule has 20 atom stereocenters. The topological polar surface area (TPSA) is 231 Å². The van der Waals surface area contributed by atoms with Crippen molar-refractivity contribution in [1.82, 2.24) is 0 Å². The normalized spacial score (nSPS) is 38.0. The molecule has 0 aromatic heterocycles. The molecule has 8 unspecified atom stereocenters. The summed E-state index contributed by atoms with van der Waals surface area (Å²) in [6.07, 6.45) is -8.12. The van der Waals surface area contributed by atoms with Gasteiger partial charge in [0, 0.05) is 22.7 Å². The first kappa shape index (κ1) is 57.0. The predicted molar refractivity (Wildman–Crippen MR) is 258 cm³/mol. The molecule has 20 heteroatoms. The maximum absolute atomic E-state index is 12.7. The first-order valence-electron chi connectivity index (χ1n) is 25.0. The van der Waals surface area contributed by atoms with Crippen LogP contribution in [0.4, 0.5) is 0 Å². The zero-order chi connectivity index (χ0) is 51.8. The van der Waals surface area contributed by atoms with Gasteiger partial charge < -0.3 is 52.1 Å². The van der Waals surface area contributed by atoms with Crippen LogP contribution in [0.15, 0.2) is 65.8 Å². The van der Waals surface area contributed by atoms with Gasteiger partial charge in [-0.15, -0.1) is 0 Å². The van der Waals surface area contributed by atoms with Crippen LogP contribution < -0.4 is 0 Å². The van der Waals surface area contributed by atoms with Gasteiger partial charge in [0.25, 0.3) is 0 Å². The zero-order valence-corrected chi connectivity index (χ0v) is 44.0. The zero-order valence-electron chi connectivity index (χ0n) is 43.2. The number of hydrogen-bond donors (Lipinski definition) is 1. The molecule has 0 saturated carbocycles. The summed E-state index contributed by atoms with van der Waals surface area (Å²) in [5.41, 5.74) is 10.9. The lowest BCUT2D eigenvalue weighted by Crippen LogP contribution is -2.61. The van der Waals surface area contributed by atoms with Crippen LogP contribution in [-0.2, 0) is 84.7 Å². The average Bonchev–Trinajstić information content (AvgIpc) is 3.32. The molecule has 0 spiro atoms. The Morgan fingerprint density at radius 3 is 1.65 bits per heavy atom. The Balaban J connectivity index is 1.19. The number of hydrogen-bond acceptors (Lipinski definition) is 16. The number of carbonyl (C=O) groups excluding carboxylic acids is 1. The second-order valence-corrected chi connectivity index (χ2v) is 21.8.